The van der Waals surface area contributed by atoms with E-state index in [2.05, 4.69) is 22.4 Å². The first kappa shape index (κ1) is 22.7. The van der Waals surface area contributed by atoms with Crippen molar-refractivity contribution in [2.75, 3.05) is 20.8 Å². The molecule has 0 aliphatic heterocycles. The van der Waals surface area contributed by atoms with Crippen molar-refractivity contribution < 1.29 is 19.1 Å². The number of hydrogen-bond acceptors (Lipinski definition) is 6. The van der Waals surface area contributed by atoms with Gasteiger partial charge in [0.25, 0.3) is 0 Å². The Morgan fingerprint density at radius 3 is 2.16 bits per heavy atom. The summed E-state index contributed by atoms with van der Waals surface area (Å²) < 4.78 is 9.93. The molecule has 0 spiro atoms. The van der Waals surface area contributed by atoms with Crippen LogP contribution in [0.25, 0.3) is 0 Å². The number of rotatable bonds is 10. The molecule has 0 aliphatic rings. The highest BCUT2D eigenvalue weighted by Gasteiger charge is 2.29. The summed E-state index contributed by atoms with van der Waals surface area (Å²) >= 11 is 1.38. The van der Waals surface area contributed by atoms with Crippen LogP contribution in [-0.4, -0.2) is 37.7 Å². The van der Waals surface area contributed by atoms with Crippen LogP contribution in [-0.2, 0) is 22.4 Å². The van der Waals surface area contributed by atoms with Gasteiger partial charge in [-0.05, 0) is 37.1 Å². The minimum atomic E-state index is -0.566. The number of aromatic amines is 1. The first-order valence-corrected chi connectivity index (χ1v) is 10.8. The smallest absolute Gasteiger partial charge is 0.341 e. The summed E-state index contributed by atoms with van der Waals surface area (Å²) in [5.74, 6) is -1.12. The van der Waals surface area contributed by atoms with Gasteiger partial charge in [0.2, 0.25) is 0 Å². The van der Waals surface area contributed by atoms with Gasteiger partial charge in [-0.3, -0.25) is 0 Å². The quantitative estimate of drug-likeness (QED) is 0.359. The van der Waals surface area contributed by atoms with E-state index in [0.717, 1.165) is 24.4 Å². The molecule has 1 heterocycles. The SMILES string of the molecule is COC(=O)c1c(CCCNCc2ccccc2)[nH]c(Sc2ccccc2)c1C(=O)OC. The molecule has 0 unspecified atom stereocenters. The Bertz CT molecular complexity index is 1000. The van der Waals surface area contributed by atoms with E-state index in [9.17, 15) is 9.59 Å². The molecule has 6 nitrogen and oxygen atoms in total. The molecular weight excluding hydrogens is 412 g/mol. The number of aryl methyl sites for hydroxylation is 1. The summed E-state index contributed by atoms with van der Waals surface area (Å²) in [7, 11) is 2.62. The Labute approximate surface area is 186 Å². The standard InChI is InChI=1S/C24H26N2O4S/c1-29-23(27)20-19(14-9-15-25-16-17-10-5-3-6-11-17)26-22(21(20)24(28)30-2)31-18-12-7-4-8-13-18/h3-8,10-13,25-26H,9,14-16H2,1-2H3. The van der Waals surface area contributed by atoms with Crippen molar-refractivity contribution in [1.29, 1.82) is 0 Å². The first-order chi connectivity index (χ1) is 15.1. The average Bonchev–Trinajstić information content (AvgIpc) is 3.17. The van der Waals surface area contributed by atoms with Crippen molar-refractivity contribution >= 4 is 23.7 Å². The molecule has 3 rings (SSSR count). The number of ether oxygens (including phenoxy) is 2. The molecule has 0 bridgehead atoms. The Kier molecular flexibility index (Phi) is 8.32. The molecule has 31 heavy (non-hydrogen) atoms. The lowest BCUT2D eigenvalue weighted by molar-refractivity contribution is 0.0553. The van der Waals surface area contributed by atoms with Crippen LogP contribution >= 0.6 is 11.8 Å². The lowest BCUT2D eigenvalue weighted by Crippen LogP contribution is -2.16. The van der Waals surface area contributed by atoms with Crippen LogP contribution in [0.3, 0.4) is 0 Å². The maximum atomic E-state index is 12.5. The largest absolute Gasteiger partial charge is 0.465 e. The zero-order valence-corrected chi connectivity index (χ0v) is 18.5. The minimum Gasteiger partial charge on any atom is -0.465 e. The number of nitrogens with one attached hydrogen (secondary N) is 2. The van der Waals surface area contributed by atoms with Gasteiger partial charge >= 0.3 is 11.9 Å². The first-order valence-electron chi connectivity index (χ1n) is 10.0. The van der Waals surface area contributed by atoms with Crippen LogP contribution in [0.5, 0.6) is 0 Å². The molecule has 0 atom stereocenters. The van der Waals surface area contributed by atoms with E-state index < -0.39 is 11.9 Å². The Balaban J connectivity index is 1.77. The number of carbonyl (C=O) groups is 2. The van der Waals surface area contributed by atoms with E-state index >= 15 is 0 Å². The topological polar surface area (TPSA) is 80.4 Å². The lowest BCUT2D eigenvalue weighted by Gasteiger charge is -2.07. The van der Waals surface area contributed by atoms with Gasteiger partial charge in [-0.15, -0.1) is 0 Å². The van der Waals surface area contributed by atoms with E-state index in [1.807, 2.05) is 48.5 Å². The fraction of sp³-hybridized carbons (Fsp3) is 0.250. The number of hydrogen-bond donors (Lipinski definition) is 2. The Morgan fingerprint density at radius 2 is 1.52 bits per heavy atom. The fourth-order valence-electron chi connectivity index (χ4n) is 3.24. The zero-order valence-electron chi connectivity index (χ0n) is 17.6. The van der Waals surface area contributed by atoms with Gasteiger partial charge in [0.1, 0.15) is 5.56 Å². The zero-order chi connectivity index (χ0) is 22.1. The van der Waals surface area contributed by atoms with Crippen molar-refractivity contribution in [2.24, 2.45) is 0 Å². The van der Waals surface area contributed by atoms with Crippen molar-refractivity contribution in [2.45, 2.75) is 29.3 Å². The lowest BCUT2D eigenvalue weighted by atomic mass is 10.1. The van der Waals surface area contributed by atoms with E-state index in [4.69, 9.17) is 9.47 Å². The van der Waals surface area contributed by atoms with Crippen molar-refractivity contribution in [3.63, 3.8) is 0 Å². The Hall–Kier alpha value is -3.03. The maximum Gasteiger partial charge on any atom is 0.341 e. The van der Waals surface area contributed by atoms with Gasteiger partial charge in [-0.2, -0.15) is 0 Å². The van der Waals surface area contributed by atoms with Crippen molar-refractivity contribution in [3.8, 4) is 0 Å². The van der Waals surface area contributed by atoms with Gasteiger partial charge in [-0.25, -0.2) is 9.59 Å². The van der Waals surface area contributed by atoms with Gasteiger partial charge in [0.05, 0.1) is 24.8 Å². The second-order valence-corrected chi connectivity index (χ2v) is 7.93. The van der Waals surface area contributed by atoms with Crippen LogP contribution in [0.2, 0.25) is 0 Å². The summed E-state index contributed by atoms with van der Waals surface area (Å²) in [6, 6.07) is 19.8. The Morgan fingerprint density at radius 1 is 0.903 bits per heavy atom. The second-order valence-electron chi connectivity index (χ2n) is 6.85. The highest BCUT2D eigenvalue weighted by atomic mass is 32.2. The van der Waals surface area contributed by atoms with Crippen LogP contribution in [0, 0.1) is 0 Å². The predicted molar refractivity (Wildman–Crippen MR) is 121 cm³/mol. The number of H-pyrrole nitrogens is 1. The fourth-order valence-corrected chi connectivity index (χ4v) is 4.23. The summed E-state index contributed by atoms with van der Waals surface area (Å²) in [4.78, 5) is 29.3. The van der Waals surface area contributed by atoms with Crippen molar-refractivity contribution in [1.82, 2.24) is 10.3 Å². The van der Waals surface area contributed by atoms with Gasteiger partial charge in [-0.1, -0.05) is 60.3 Å². The highest BCUT2D eigenvalue weighted by Crippen LogP contribution is 2.34. The normalized spacial score (nSPS) is 10.6. The summed E-state index contributed by atoms with van der Waals surface area (Å²) in [5, 5.41) is 3.98. The van der Waals surface area contributed by atoms with E-state index in [1.54, 1.807) is 0 Å². The van der Waals surface area contributed by atoms with Gasteiger partial charge in [0.15, 0.2) is 0 Å². The summed E-state index contributed by atoms with van der Waals surface area (Å²) in [5.41, 5.74) is 2.35. The third-order valence-corrected chi connectivity index (χ3v) is 5.76. The maximum absolute atomic E-state index is 12.5. The number of esters is 2. The molecule has 0 aliphatic carbocycles. The molecule has 0 saturated carbocycles. The molecule has 0 fully saturated rings. The van der Waals surface area contributed by atoms with Crippen molar-refractivity contribution in [3.05, 3.63) is 83.0 Å². The van der Waals surface area contributed by atoms with Gasteiger partial charge < -0.3 is 19.8 Å². The second kappa shape index (κ2) is 11.4. The molecule has 0 amide bonds. The van der Waals surface area contributed by atoms with Crippen LogP contribution in [0.4, 0.5) is 0 Å². The highest BCUT2D eigenvalue weighted by molar-refractivity contribution is 7.99. The average molecular weight is 439 g/mol. The molecule has 162 valence electrons. The predicted octanol–water partition coefficient (Wildman–Crippen LogP) is 4.46. The van der Waals surface area contributed by atoms with E-state index in [-0.39, 0.29) is 11.1 Å². The molecular formula is C24H26N2O4S. The van der Waals surface area contributed by atoms with Crippen LogP contribution in [0.15, 0.2) is 70.6 Å². The van der Waals surface area contributed by atoms with Crippen LogP contribution < -0.4 is 5.32 Å². The third-order valence-electron chi connectivity index (χ3n) is 4.74. The number of carbonyl (C=O) groups excluding carboxylic acids is 2. The summed E-state index contributed by atoms with van der Waals surface area (Å²) in [6.07, 6.45) is 1.37. The molecule has 2 N–H and O–H groups in total. The third kappa shape index (κ3) is 5.99. The minimum absolute atomic E-state index is 0.218. The number of methoxy groups -OCH3 is 2. The monoisotopic (exact) mass is 438 g/mol. The number of benzene rings is 2. The van der Waals surface area contributed by atoms with Crippen LogP contribution in [0.1, 0.15) is 38.4 Å². The van der Waals surface area contributed by atoms with E-state index in [0.29, 0.717) is 17.1 Å². The molecule has 7 heteroatoms. The molecule has 0 saturated heterocycles. The molecule has 0 radical (unpaired) electrons. The summed E-state index contributed by atoms with van der Waals surface area (Å²) in [6.45, 7) is 1.54. The van der Waals surface area contributed by atoms with E-state index in [1.165, 1.54) is 31.5 Å². The molecule has 3 aromatic rings. The molecule has 1 aromatic heterocycles. The van der Waals surface area contributed by atoms with Gasteiger partial charge in [0, 0.05) is 17.1 Å². The number of aromatic nitrogens is 1. The molecule has 2 aromatic carbocycles.